The first-order valence-corrected chi connectivity index (χ1v) is 7.85. The van der Waals surface area contributed by atoms with E-state index in [1.54, 1.807) is 0 Å². The van der Waals surface area contributed by atoms with E-state index in [1.165, 1.54) is 12.8 Å². The van der Waals surface area contributed by atoms with Gasteiger partial charge in [0, 0.05) is 11.7 Å². The zero-order valence-corrected chi connectivity index (χ0v) is 13.4. The van der Waals surface area contributed by atoms with Gasteiger partial charge >= 0.3 is 0 Å². The second-order valence-corrected chi connectivity index (χ2v) is 6.05. The smallest absolute Gasteiger partial charge is 0.238 e. The maximum absolute atomic E-state index is 12.1. The topological polar surface area (TPSA) is 44.4 Å². The maximum atomic E-state index is 12.1. The third-order valence-electron chi connectivity index (χ3n) is 4.58. The molecule has 1 atom stereocenters. The van der Waals surface area contributed by atoms with Crippen molar-refractivity contribution in [2.45, 2.75) is 32.7 Å². The number of piperidine rings is 1. The zero-order valence-electron chi connectivity index (χ0n) is 13.4. The Morgan fingerprint density at radius 2 is 2.00 bits per heavy atom. The fourth-order valence-electron chi connectivity index (χ4n) is 2.95. The maximum Gasteiger partial charge on any atom is 0.238 e. The molecule has 1 unspecified atom stereocenters. The third-order valence-corrected chi connectivity index (χ3v) is 4.58. The van der Waals surface area contributed by atoms with Crippen molar-refractivity contribution in [3.05, 3.63) is 29.8 Å². The highest BCUT2D eigenvalue weighted by Gasteiger charge is 2.24. The molecule has 4 heteroatoms. The summed E-state index contributed by atoms with van der Waals surface area (Å²) < 4.78 is 0. The number of carbonyl (C=O) groups excluding carboxylic acids is 1. The summed E-state index contributed by atoms with van der Waals surface area (Å²) in [5.41, 5.74) is 2.02. The summed E-state index contributed by atoms with van der Waals surface area (Å²) in [5, 5.41) is 6.34. The van der Waals surface area contributed by atoms with Crippen LogP contribution in [0.4, 0.5) is 5.69 Å². The van der Waals surface area contributed by atoms with E-state index in [0.717, 1.165) is 30.3 Å². The predicted molar refractivity (Wildman–Crippen MR) is 87.5 cm³/mol. The van der Waals surface area contributed by atoms with Gasteiger partial charge in [0.25, 0.3) is 0 Å². The van der Waals surface area contributed by atoms with Crippen molar-refractivity contribution >= 4 is 11.6 Å². The summed E-state index contributed by atoms with van der Waals surface area (Å²) >= 11 is 0. The predicted octanol–water partition coefficient (Wildman–Crippen LogP) is 2.25. The second-order valence-electron chi connectivity index (χ2n) is 6.05. The van der Waals surface area contributed by atoms with Crippen LogP contribution < -0.4 is 10.6 Å². The van der Waals surface area contributed by atoms with E-state index < -0.39 is 0 Å². The molecular formula is C17H27N3O. The molecule has 0 saturated carbocycles. The van der Waals surface area contributed by atoms with Crippen LogP contribution >= 0.6 is 0 Å². The van der Waals surface area contributed by atoms with Crippen LogP contribution in [0.1, 0.15) is 25.3 Å². The number of para-hydroxylation sites is 1. The summed E-state index contributed by atoms with van der Waals surface area (Å²) in [5.74, 6) is 0.815. The molecule has 1 aromatic rings. The molecule has 2 N–H and O–H groups in total. The summed E-state index contributed by atoms with van der Waals surface area (Å²) in [7, 11) is 2.02. The molecule has 1 aromatic carbocycles. The highest BCUT2D eigenvalue weighted by Crippen LogP contribution is 2.20. The molecule has 1 aliphatic heterocycles. The molecule has 4 nitrogen and oxygen atoms in total. The lowest BCUT2D eigenvalue weighted by molar-refractivity contribution is -0.117. The first-order valence-electron chi connectivity index (χ1n) is 7.85. The summed E-state index contributed by atoms with van der Waals surface area (Å²) in [6, 6.07) is 8.47. The number of nitrogens with zero attached hydrogens (tertiary/aromatic N) is 1. The number of rotatable bonds is 5. The highest BCUT2D eigenvalue weighted by atomic mass is 16.2. The van der Waals surface area contributed by atoms with Crippen LogP contribution in [0.25, 0.3) is 0 Å². The fourth-order valence-corrected chi connectivity index (χ4v) is 2.95. The molecule has 1 saturated heterocycles. The van der Waals surface area contributed by atoms with Crippen LogP contribution in [0.5, 0.6) is 0 Å². The Balaban J connectivity index is 1.78. The molecule has 21 heavy (non-hydrogen) atoms. The van der Waals surface area contributed by atoms with Crippen molar-refractivity contribution in [3.63, 3.8) is 0 Å². The van der Waals surface area contributed by atoms with Gasteiger partial charge in [-0.3, -0.25) is 9.69 Å². The third kappa shape index (κ3) is 4.55. The molecule has 0 aliphatic carbocycles. The molecule has 1 heterocycles. The minimum absolute atomic E-state index is 0.0874. The van der Waals surface area contributed by atoms with Crippen molar-refractivity contribution in [3.8, 4) is 0 Å². The average Bonchev–Trinajstić information content (AvgIpc) is 2.49. The lowest BCUT2D eigenvalue weighted by Crippen LogP contribution is -2.43. The van der Waals surface area contributed by atoms with Gasteiger partial charge in [-0.25, -0.2) is 0 Å². The van der Waals surface area contributed by atoms with Gasteiger partial charge < -0.3 is 10.6 Å². The van der Waals surface area contributed by atoms with Gasteiger partial charge in [-0.2, -0.15) is 0 Å². The average molecular weight is 289 g/mol. The molecule has 1 aliphatic rings. The molecule has 0 bridgehead atoms. The van der Waals surface area contributed by atoms with Gasteiger partial charge in [-0.05, 0) is 64.4 Å². The Morgan fingerprint density at radius 3 is 2.62 bits per heavy atom. The zero-order chi connectivity index (χ0) is 15.2. The first-order chi connectivity index (χ1) is 10.1. The van der Waals surface area contributed by atoms with E-state index in [0.29, 0.717) is 12.6 Å². The van der Waals surface area contributed by atoms with Gasteiger partial charge in [0.05, 0.1) is 6.54 Å². The number of carbonyl (C=O) groups is 1. The van der Waals surface area contributed by atoms with E-state index in [1.807, 2.05) is 38.2 Å². The Morgan fingerprint density at radius 1 is 1.33 bits per heavy atom. The largest absolute Gasteiger partial charge is 0.325 e. The number of nitrogens with one attached hydrogen (secondary N) is 2. The molecule has 1 fully saturated rings. The molecule has 2 rings (SSSR count). The van der Waals surface area contributed by atoms with Crippen molar-refractivity contribution in [1.29, 1.82) is 0 Å². The quantitative estimate of drug-likeness (QED) is 0.874. The van der Waals surface area contributed by atoms with Gasteiger partial charge in [0.1, 0.15) is 0 Å². The fraction of sp³-hybridized carbons (Fsp3) is 0.588. The Hall–Kier alpha value is -1.39. The molecule has 0 radical (unpaired) electrons. The normalized spacial score (nSPS) is 18.4. The summed E-state index contributed by atoms with van der Waals surface area (Å²) in [6.45, 7) is 6.77. The van der Waals surface area contributed by atoms with E-state index >= 15 is 0 Å². The Kier molecular flexibility index (Phi) is 5.76. The number of hydrogen-bond donors (Lipinski definition) is 2. The molecule has 0 spiro atoms. The molecular weight excluding hydrogens is 262 g/mol. The van der Waals surface area contributed by atoms with E-state index in [2.05, 4.69) is 22.5 Å². The van der Waals surface area contributed by atoms with Crippen LogP contribution in [0.2, 0.25) is 0 Å². The number of hydrogen-bond acceptors (Lipinski definition) is 3. The van der Waals surface area contributed by atoms with E-state index in [4.69, 9.17) is 0 Å². The SMILES string of the molecule is CNC(C)C1CCN(CC(=O)Nc2ccccc2C)CC1. The Labute approximate surface area is 127 Å². The van der Waals surface area contributed by atoms with Crippen LogP contribution in [0.3, 0.4) is 0 Å². The number of benzene rings is 1. The van der Waals surface area contributed by atoms with Crippen LogP contribution in [-0.4, -0.2) is 43.5 Å². The van der Waals surface area contributed by atoms with Crippen molar-refractivity contribution in [2.24, 2.45) is 5.92 Å². The van der Waals surface area contributed by atoms with E-state index in [-0.39, 0.29) is 5.91 Å². The number of amides is 1. The first kappa shape index (κ1) is 16.0. The van der Waals surface area contributed by atoms with Crippen LogP contribution in [0.15, 0.2) is 24.3 Å². The second kappa shape index (κ2) is 7.57. The van der Waals surface area contributed by atoms with Crippen molar-refractivity contribution in [1.82, 2.24) is 10.2 Å². The van der Waals surface area contributed by atoms with Gasteiger partial charge in [0.2, 0.25) is 5.91 Å². The van der Waals surface area contributed by atoms with Gasteiger partial charge in [-0.15, -0.1) is 0 Å². The number of anilines is 1. The van der Waals surface area contributed by atoms with Crippen LogP contribution in [0, 0.1) is 12.8 Å². The minimum Gasteiger partial charge on any atom is -0.325 e. The lowest BCUT2D eigenvalue weighted by atomic mass is 9.90. The Bertz CT molecular complexity index is 467. The van der Waals surface area contributed by atoms with E-state index in [9.17, 15) is 4.79 Å². The van der Waals surface area contributed by atoms with Crippen molar-refractivity contribution in [2.75, 3.05) is 32.0 Å². The molecule has 116 valence electrons. The summed E-state index contributed by atoms with van der Waals surface area (Å²) in [6.07, 6.45) is 2.33. The van der Waals surface area contributed by atoms with Gasteiger partial charge in [0.15, 0.2) is 0 Å². The number of aryl methyl sites for hydroxylation is 1. The standard InChI is InChI=1S/C17H27N3O/c1-13-6-4-5-7-16(13)19-17(21)12-20-10-8-15(9-11-20)14(2)18-3/h4-7,14-15,18H,8-12H2,1-3H3,(H,19,21). The van der Waals surface area contributed by atoms with Crippen LogP contribution in [-0.2, 0) is 4.79 Å². The highest BCUT2D eigenvalue weighted by molar-refractivity contribution is 5.92. The monoisotopic (exact) mass is 289 g/mol. The lowest BCUT2D eigenvalue weighted by Gasteiger charge is -2.34. The molecule has 0 aromatic heterocycles. The molecule has 1 amide bonds. The summed E-state index contributed by atoms with van der Waals surface area (Å²) in [4.78, 5) is 14.4. The van der Waals surface area contributed by atoms with Gasteiger partial charge in [-0.1, -0.05) is 18.2 Å². The minimum atomic E-state index is 0.0874. The number of likely N-dealkylation sites (tertiary alicyclic amines) is 1. The van der Waals surface area contributed by atoms with Crippen molar-refractivity contribution < 1.29 is 4.79 Å².